The molecule has 0 aromatic heterocycles. The molecule has 0 unspecified atom stereocenters. The van der Waals surface area contributed by atoms with E-state index in [0.717, 1.165) is 31.0 Å². The topological polar surface area (TPSA) is 29.5 Å². The molecular formula is C17H27NO2S. The van der Waals surface area contributed by atoms with Gasteiger partial charge in [-0.15, -0.1) is 0 Å². The van der Waals surface area contributed by atoms with Crippen LogP contribution in [0.1, 0.15) is 31.4 Å². The van der Waals surface area contributed by atoms with Gasteiger partial charge in [0.05, 0.1) is 12.4 Å². The molecule has 0 atom stereocenters. The molecule has 0 N–H and O–H groups in total. The summed E-state index contributed by atoms with van der Waals surface area (Å²) in [6, 6.07) is 6.26. The Bertz CT molecular complexity index is 424. The van der Waals surface area contributed by atoms with E-state index in [2.05, 4.69) is 32.0 Å². The maximum Gasteiger partial charge on any atom is 0.232 e. The highest BCUT2D eigenvalue weighted by Gasteiger charge is 2.08. The second-order valence-electron chi connectivity index (χ2n) is 5.14. The minimum atomic E-state index is 0.236. The predicted octanol–water partition coefficient (Wildman–Crippen LogP) is 3.67. The van der Waals surface area contributed by atoms with Gasteiger partial charge in [0, 0.05) is 13.1 Å². The third-order valence-corrected chi connectivity index (χ3v) is 4.27. The highest BCUT2D eigenvalue weighted by atomic mass is 32.2. The van der Waals surface area contributed by atoms with Crippen molar-refractivity contribution in [1.82, 2.24) is 4.90 Å². The van der Waals surface area contributed by atoms with Gasteiger partial charge in [-0.05, 0) is 63.1 Å². The van der Waals surface area contributed by atoms with E-state index >= 15 is 0 Å². The number of nitrogens with zero attached hydrogens (tertiary/aromatic N) is 1. The van der Waals surface area contributed by atoms with Crippen LogP contribution in [0.4, 0.5) is 0 Å². The van der Waals surface area contributed by atoms with E-state index in [-0.39, 0.29) is 5.91 Å². The van der Waals surface area contributed by atoms with Gasteiger partial charge in [0.1, 0.15) is 5.75 Å². The maximum atomic E-state index is 11.8. The van der Waals surface area contributed by atoms with Gasteiger partial charge in [-0.2, -0.15) is 11.8 Å². The first-order valence-corrected chi connectivity index (χ1v) is 8.78. The number of aryl methyl sites for hydroxylation is 2. The lowest BCUT2D eigenvalue weighted by atomic mass is 10.1. The summed E-state index contributed by atoms with van der Waals surface area (Å²) in [5.74, 6) is 2.71. The van der Waals surface area contributed by atoms with Crippen LogP contribution in [0, 0.1) is 13.8 Å². The van der Waals surface area contributed by atoms with E-state index < -0.39 is 0 Å². The van der Waals surface area contributed by atoms with Crippen molar-refractivity contribution in [2.45, 2.75) is 34.1 Å². The average Bonchev–Trinajstić information content (AvgIpc) is 2.43. The van der Waals surface area contributed by atoms with Crippen LogP contribution in [0.15, 0.2) is 18.2 Å². The number of benzene rings is 1. The number of ether oxygens (including phenoxy) is 1. The van der Waals surface area contributed by atoms with Crippen molar-refractivity contribution in [2.24, 2.45) is 0 Å². The Morgan fingerprint density at radius 1 is 1.14 bits per heavy atom. The molecule has 1 aromatic carbocycles. The van der Waals surface area contributed by atoms with Crippen molar-refractivity contribution in [3.8, 4) is 5.75 Å². The quantitative estimate of drug-likeness (QED) is 0.652. The highest BCUT2D eigenvalue weighted by molar-refractivity contribution is 7.99. The van der Waals surface area contributed by atoms with E-state index in [1.165, 1.54) is 11.1 Å². The SMILES string of the molecule is CCN(CC)C(=O)CSCCCOc1cc(C)cc(C)c1. The first-order chi connectivity index (χ1) is 10.1. The first-order valence-electron chi connectivity index (χ1n) is 7.63. The summed E-state index contributed by atoms with van der Waals surface area (Å²) < 4.78 is 5.76. The summed E-state index contributed by atoms with van der Waals surface area (Å²) >= 11 is 1.69. The molecule has 0 spiro atoms. The fraction of sp³-hybridized carbons (Fsp3) is 0.588. The molecule has 0 aliphatic rings. The van der Waals surface area contributed by atoms with Gasteiger partial charge in [0.15, 0.2) is 0 Å². The molecular weight excluding hydrogens is 282 g/mol. The molecule has 1 amide bonds. The number of carbonyl (C=O) groups is 1. The summed E-state index contributed by atoms with van der Waals surface area (Å²) in [6.07, 6.45) is 0.961. The number of hydrogen-bond donors (Lipinski definition) is 0. The molecule has 0 saturated heterocycles. The molecule has 3 nitrogen and oxygen atoms in total. The Hall–Kier alpha value is -1.16. The largest absolute Gasteiger partial charge is 0.494 e. The van der Waals surface area contributed by atoms with Gasteiger partial charge in [0.2, 0.25) is 5.91 Å². The Kier molecular flexibility index (Phi) is 8.28. The molecule has 4 heteroatoms. The molecule has 0 radical (unpaired) electrons. The first kappa shape index (κ1) is 17.9. The smallest absolute Gasteiger partial charge is 0.232 e. The maximum absolute atomic E-state index is 11.8. The highest BCUT2D eigenvalue weighted by Crippen LogP contribution is 2.16. The lowest BCUT2D eigenvalue weighted by molar-refractivity contribution is -0.127. The lowest BCUT2D eigenvalue weighted by Crippen LogP contribution is -2.31. The van der Waals surface area contributed by atoms with E-state index in [1.807, 2.05) is 18.7 Å². The van der Waals surface area contributed by atoms with Crippen LogP contribution in [0.2, 0.25) is 0 Å². The number of rotatable bonds is 9. The molecule has 0 saturated carbocycles. The van der Waals surface area contributed by atoms with E-state index in [4.69, 9.17) is 4.74 Å². The molecule has 118 valence electrons. The predicted molar refractivity (Wildman–Crippen MR) is 91.3 cm³/mol. The van der Waals surface area contributed by atoms with Gasteiger partial charge in [-0.25, -0.2) is 0 Å². The summed E-state index contributed by atoms with van der Waals surface area (Å²) in [5, 5.41) is 0. The average molecular weight is 309 g/mol. The zero-order valence-corrected chi connectivity index (χ0v) is 14.5. The Balaban J connectivity index is 2.16. The third kappa shape index (κ3) is 6.89. The second kappa shape index (κ2) is 9.72. The lowest BCUT2D eigenvalue weighted by Gasteiger charge is -2.18. The molecule has 1 rings (SSSR count). The fourth-order valence-electron chi connectivity index (χ4n) is 2.19. The van der Waals surface area contributed by atoms with Crippen molar-refractivity contribution < 1.29 is 9.53 Å². The standard InChI is InChI=1S/C17H27NO2S/c1-5-18(6-2)17(19)13-21-9-7-8-20-16-11-14(3)10-15(4)12-16/h10-12H,5-9,13H2,1-4H3. The minimum absolute atomic E-state index is 0.236. The Morgan fingerprint density at radius 3 is 2.33 bits per heavy atom. The van der Waals surface area contributed by atoms with Crippen LogP contribution in [-0.4, -0.2) is 42.0 Å². The van der Waals surface area contributed by atoms with Gasteiger partial charge in [-0.1, -0.05) is 6.07 Å². The third-order valence-electron chi connectivity index (χ3n) is 3.24. The second-order valence-corrected chi connectivity index (χ2v) is 6.25. The summed E-state index contributed by atoms with van der Waals surface area (Å²) in [4.78, 5) is 13.7. The van der Waals surface area contributed by atoms with Crippen LogP contribution in [0.3, 0.4) is 0 Å². The van der Waals surface area contributed by atoms with Crippen molar-refractivity contribution in [3.05, 3.63) is 29.3 Å². The zero-order chi connectivity index (χ0) is 15.7. The van der Waals surface area contributed by atoms with Crippen molar-refractivity contribution in [2.75, 3.05) is 31.2 Å². The number of carbonyl (C=O) groups excluding carboxylic acids is 1. The van der Waals surface area contributed by atoms with Crippen molar-refractivity contribution in [1.29, 1.82) is 0 Å². The number of amides is 1. The van der Waals surface area contributed by atoms with Crippen LogP contribution in [0.25, 0.3) is 0 Å². The summed E-state index contributed by atoms with van der Waals surface area (Å²) in [7, 11) is 0. The van der Waals surface area contributed by atoms with Crippen LogP contribution in [-0.2, 0) is 4.79 Å². The molecule has 0 bridgehead atoms. The van der Waals surface area contributed by atoms with E-state index in [1.54, 1.807) is 11.8 Å². The van der Waals surface area contributed by atoms with E-state index in [0.29, 0.717) is 12.4 Å². The number of thioether (sulfide) groups is 1. The fourth-order valence-corrected chi connectivity index (χ4v) is 3.02. The Labute approximate surface area is 133 Å². The number of hydrogen-bond acceptors (Lipinski definition) is 3. The summed E-state index contributed by atoms with van der Waals surface area (Å²) in [6.45, 7) is 10.5. The minimum Gasteiger partial charge on any atom is -0.494 e. The molecule has 0 heterocycles. The molecule has 1 aromatic rings. The van der Waals surface area contributed by atoms with Gasteiger partial charge in [0.25, 0.3) is 0 Å². The molecule has 0 fully saturated rings. The van der Waals surface area contributed by atoms with E-state index in [9.17, 15) is 4.79 Å². The normalized spacial score (nSPS) is 10.5. The molecule has 21 heavy (non-hydrogen) atoms. The summed E-state index contributed by atoms with van der Waals surface area (Å²) in [5.41, 5.74) is 2.45. The van der Waals surface area contributed by atoms with Gasteiger partial charge in [-0.3, -0.25) is 4.79 Å². The zero-order valence-electron chi connectivity index (χ0n) is 13.6. The van der Waals surface area contributed by atoms with Gasteiger partial charge >= 0.3 is 0 Å². The van der Waals surface area contributed by atoms with Crippen molar-refractivity contribution in [3.63, 3.8) is 0 Å². The molecule has 0 aliphatic carbocycles. The Morgan fingerprint density at radius 2 is 1.76 bits per heavy atom. The van der Waals surface area contributed by atoms with Crippen molar-refractivity contribution >= 4 is 17.7 Å². The van der Waals surface area contributed by atoms with Crippen LogP contribution < -0.4 is 4.74 Å². The molecule has 0 aliphatic heterocycles. The van der Waals surface area contributed by atoms with Gasteiger partial charge < -0.3 is 9.64 Å². The van der Waals surface area contributed by atoms with Crippen LogP contribution in [0.5, 0.6) is 5.75 Å². The monoisotopic (exact) mass is 309 g/mol. The van der Waals surface area contributed by atoms with Crippen LogP contribution >= 0.6 is 11.8 Å².